The maximum Gasteiger partial charge on any atom is 0.370 e. The van der Waals surface area contributed by atoms with E-state index in [1.165, 1.54) is 22.3 Å². The van der Waals surface area contributed by atoms with Crippen LogP contribution in [0.3, 0.4) is 0 Å². The Kier molecular flexibility index (Phi) is 5.52. The molecule has 0 radical (unpaired) electrons. The van der Waals surface area contributed by atoms with Gasteiger partial charge in [-0.2, -0.15) is 0 Å². The number of benzene rings is 3. The van der Waals surface area contributed by atoms with Gasteiger partial charge in [0.2, 0.25) is 12.0 Å². The van der Waals surface area contributed by atoms with E-state index in [-0.39, 0.29) is 18.3 Å². The van der Waals surface area contributed by atoms with Crippen molar-refractivity contribution < 1.29 is 24.5 Å². The quantitative estimate of drug-likeness (QED) is 0.463. The third kappa shape index (κ3) is 4.05. The number of ether oxygens (including phenoxy) is 2. The average molecular weight is 428 g/mol. The highest BCUT2D eigenvalue weighted by atomic mass is 16.7. The number of allylic oxidation sites excluding steroid dienone is 1. The van der Waals surface area contributed by atoms with Crippen LogP contribution in [-0.2, 0) is 33.9 Å². The molecular weight excluding hydrogens is 404 g/mol. The summed E-state index contributed by atoms with van der Waals surface area (Å²) < 4.78 is 11.5. The Bertz CT molecular complexity index is 1180. The molecule has 2 aliphatic rings. The van der Waals surface area contributed by atoms with Crippen molar-refractivity contribution in [1.82, 2.24) is 0 Å². The molecule has 0 saturated carbocycles. The number of hydrogen-bond donors (Lipinski definition) is 2. The van der Waals surface area contributed by atoms with Crippen LogP contribution in [0.4, 0.5) is 0 Å². The van der Waals surface area contributed by atoms with Crippen LogP contribution < -0.4 is 0 Å². The molecule has 2 atom stereocenters. The molecule has 3 aromatic carbocycles. The van der Waals surface area contributed by atoms with Crippen LogP contribution in [0.1, 0.15) is 40.2 Å². The number of aliphatic carboxylic acids is 1. The van der Waals surface area contributed by atoms with E-state index < -0.39 is 12.3 Å². The zero-order chi connectivity index (χ0) is 22.1. The minimum atomic E-state index is -1.10. The Balaban J connectivity index is 1.37. The molecule has 0 spiro atoms. The highest BCUT2D eigenvalue weighted by Crippen LogP contribution is 2.40. The van der Waals surface area contributed by atoms with Gasteiger partial charge in [-0.25, -0.2) is 4.79 Å². The van der Waals surface area contributed by atoms with Gasteiger partial charge in [-0.15, -0.1) is 0 Å². The number of carboxylic acids is 1. The minimum Gasteiger partial charge on any atom is -0.475 e. The first-order chi connectivity index (χ1) is 15.6. The van der Waals surface area contributed by atoms with Crippen molar-refractivity contribution in [2.24, 2.45) is 0 Å². The highest BCUT2D eigenvalue weighted by Gasteiger charge is 2.29. The number of carboxylic acid groups (broad SMARTS) is 1. The Morgan fingerprint density at radius 3 is 2.50 bits per heavy atom. The van der Waals surface area contributed by atoms with E-state index in [0.29, 0.717) is 13.0 Å². The van der Waals surface area contributed by atoms with E-state index in [1.807, 2.05) is 24.3 Å². The number of carbonyl (C=O) groups is 1. The summed E-state index contributed by atoms with van der Waals surface area (Å²) in [5.41, 5.74) is 7.91. The van der Waals surface area contributed by atoms with Crippen molar-refractivity contribution in [2.45, 2.75) is 38.3 Å². The summed E-state index contributed by atoms with van der Waals surface area (Å²) in [5.74, 6) is -1.29. The largest absolute Gasteiger partial charge is 0.475 e. The van der Waals surface area contributed by atoms with E-state index in [9.17, 15) is 15.0 Å². The number of aliphatic hydroxyl groups is 1. The molecule has 5 nitrogen and oxygen atoms in total. The van der Waals surface area contributed by atoms with Crippen molar-refractivity contribution in [2.75, 3.05) is 0 Å². The molecule has 5 rings (SSSR count). The van der Waals surface area contributed by atoms with Gasteiger partial charge in [-0.3, -0.25) is 0 Å². The molecule has 0 fully saturated rings. The Labute approximate surface area is 186 Å². The van der Waals surface area contributed by atoms with E-state index in [2.05, 4.69) is 42.5 Å². The van der Waals surface area contributed by atoms with Gasteiger partial charge in [0.05, 0.1) is 13.2 Å². The Morgan fingerprint density at radius 1 is 0.969 bits per heavy atom. The lowest BCUT2D eigenvalue weighted by Crippen LogP contribution is -2.26. The van der Waals surface area contributed by atoms with Gasteiger partial charge in [-0.05, 0) is 51.4 Å². The monoisotopic (exact) mass is 428 g/mol. The number of aliphatic hydroxyl groups excluding tert-OH is 1. The topological polar surface area (TPSA) is 76.0 Å². The SMILES string of the molecule is O=C(O)C1=C[C@H](c2ccc3c(c2)-c2ccccc2C3)C[C@H](OCc2ccc(CO)cc2)O1. The number of hydrogen-bond acceptors (Lipinski definition) is 4. The van der Waals surface area contributed by atoms with Gasteiger partial charge >= 0.3 is 5.97 Å². The first-order valence-corrected chi connectivity index (χ1v) is 10.7. The van der Waals surface area contributed by atoms with Gasteiger partial charge in [0, 0.05) is 12.3 Å². The summed E-state index contributed by atoms with van der Waals surface area (Å²) >= 11 is 0. The lowest BCUT2D eigenvalue weighted by Gasteiger charge is -2.28. The second kappa shape index (κ2) is 8.61. The smallest absolute Gasteiger partial charge is 0.370 e. The fraction of sp³-hybridized carbons (Fsp3) is 0.222. The van der Waals surface area contributed by atoms with Gasteiger partial charge in [-0.1, -0.05) is 66.7 Å². The zero-order valence-electron chi connectivity index (χ0n) is 17.5. The maximum absolute atomic E-state index is 11.7. The van der Waals surface area contributed by atoms with Crippen molar-refractivity contribution in [3.8, 4) is 11.1 Å². The molecule has 0 amide bonds. The average Bonchev–Trinajstić information content (AvgIpc) is 3.21. The summed E-state index contributed by atoms with van der Waals surface area (Å²) in [6.07, 6.45) is 2.48. The molecule has 0 aromatic heterocycles. The molecule has 0 saturated heterocycles. The van der Waals surface area contributed by atoms with Gasteiger partial charge in [0.25, 0.3) is 0 Å². The molecule has 2 N–H and O–H groups in total. The van der Waals surface area contributed by atoms with Gasteiger partial charge in [0.1, 0.15) is 0 Å². The lowest BCUT2D eigenvalue weighted by atomic mass is 9.90. The van der Waals surface area contributed by atoms with Crippen molar-refractivity contribution in [3.63, 3.8) is 0 Å². The first kappa shape index (κ1) is 20.5. The summed E-state index contributed by atoms with van der Waals surface area (Å²) in [7, 11) is 0. The molecule has 1 heterocycles. The predicted molar refractivity (Wildman–Crippen MR) is 120 cm³/mol. The molecule has 32 heavy (non-hydrogen) atoms. The summed E-state index contributed by atoms with van der Waals surface area (Å²) in [5, 5.41) is 18.8. The van der Waals surface area contributed by atoms with Crippen molar-refractivity contribution in [1.29, 1.82) is 0 Å². The van der Waals surface area contributed by atoms with Crippen LogP contribution in [-0.4, -0.2) is 22.5 Å². The molecule has 5 heteroatoms. The fourth-order valence-electron chi connectivity index (χ4n) is 4.45. The molecule has 162 valence electrons. The molecule has 3 aromatic rings. The first-order valence-electron chi connectivity index (χ1n) is 10.7. The summed E-state index contributed by atoms with van der Waals surface area (Å²) in [6.45, 7) is 0.292. The van der Waals surface area contributed by atoms with Crippen LogP contribution in [0, 0.1) is 0 Å². The summed E-state index contributed by atoms with van der Waals surface area (Å²) in [6, 6.07) is 22.3. The van der Waals surface area contributed by atoms with Crippen molar-refractivity contribution >= 4 is 5.97 Å². The van der Waals surface area contributed by atoms with E-state index in [1.54, 1.807) is 6.08 Å². The van der Waals surface area contributed by atoms with Crippen molar-refractivity contribution in [3.05, 3.63) is 106 Å². The molecule has 0 unspecified atom stereocenters. The molecule has 0 bridgehead atoms. The van der Waals surface area contributed by atoms with E-state index in [4.69, 9.17) is 9.47 Å². The second-order valence-corrected chi connectivity index (χ2v) is 8.26. The Hall–Kier alpha value is -3.41. The van der Waals surface area contributed by atoms with Crippen LogP contribution in [0.15, 0.2) is 78.6 Å². The van der Waals surface area contributed by atoms with Crippen LogP contribution in [0.25, 0.3) is 11.1 Å². The fourth-order valence-corrected chi connectivity index (χ4v) is 4.45. The standard InChI is InChI=1S/C27H24O5/c28-15-17-5-7-18(8-6-17)16-31-26-14-22(13-25(32-26)27(29)30)19-9-10-21-11-20-3-1-2-4-23(20)24(21)12-19/h1-10,12-13,22,26,28H,11,14-16H2,(H,29,30)/t22-,26+/m0/s1. The number of rotatable bonds is 6. The summed E-state index contributed by atoms with van der Waals surface area (Å²) in [4.78, 5) is 11.7. The molecule has 1 aliphatic carbocycles. The third-order valence-corrected chi connectivity index (χ3v) is 6.16. The van der Waals surface area contributed by atoms with Crippen LogP contribution in [0.2, 0.25) is 0 Å². The lowest BCUT2D eigenvalue weighted by molar-refractivity contribution is -0.159. The van der Waals surface area contributed by atoms with Gasteiger partial charge in [0.15, 0.2) is 0 Å². The minimum absolute atomic E-state index is 0.00737. The van der Waals surface area contributed by atoms with E-state index in [0.717, 1.165) is 23.1 Å². The van der Waals surface area contributed by atoms with Crippen LogP contribution >= 0.6 is 0 Å². The third-order valence-electron chi connectivity index (χ3n) is 6.16. The Morgan fingerprint density at radius 2 is 1.72 bits per heavy atom. The normalized spacial score (nSPS) is 19.0. The highest BCUT2D eigenvalue weighted by molar-refractivity contribution is 5.84. The maximum atomic E-state index is 11.7. The van der Waals surface area contributed by atoms with Crippen LogP contribution in [0.5, 0.6) is 0 Å². The molecule has 1 aliphatic heterocycles. The second-order valence-electron chi connectivity index (χ2n) is 8.26. The predicted octanol–water partition coefficient (Wildman–Crippen LogP) is 4.77. The number of fused-ring (bicyclic) bond motifs is 3. The van der Waals surface area contributed by atoms with Gasteiger partial charge < -0.3 is 19.7 Å². The van der Waals surface area contributed by atoms with E-state index >= 15 is 0 Å². The zero-order valence-corrected chi connectivity index (χ0v) is 17.5. The molecular formula is C27H24O5.